The molecule has 2 unspecified atom stereocenters. The Morgan fingerprint density at radius 1 is 0.427 bits per heavy atom. The van der Waals surface area contributed by atoms with Crippen molar-refractivity contribution in [1.29, 1.82) is 0 Å². The minimum atomic E-state index is -1.21. The summed E-state index contributed by atoms with van der Waals surface area (Å²) < 4.78 is 23.8. The highest BCUT2D eigenvalue weighted by atomic mass is 32.1. The SMILES string of the molecule is O=C(O)CCCCCCCCCCCCCCCCCCCCC(=O)NCC1CCC(C(=O)NC(CCC(=O)NCCOCCOCC(=O)NCCOCCOCC(=O)NCCCCC(NS)C(=O)O)C(=O)O)CC1. The van der Waals surface area contributed by atoms with Crippen LogP contribution in [0.5, 0.6) is 0 Å². The van der Waals surface area contributed by atoms with Crippen LogP contribution in [0.25, 0.3) is 0 Å². The van der Waals surface area contributed by atoms with Crippen molar-refractivity contribution in [2.24, 2.45) is 11.8 Å². The fraction of sp³-hybridized carbons (Fsp3) is 0.849. The largest absolute Gasteiger partial charge is 0.481 e. The fourth-order valence-corrected chi connectivity index (χ4v) is 8.86. The molecular formula is C53H96N6O15S. The van der Waals surface area contributed by atoms with Gasteiger partial charge in [-0.15, -0.1) is 0 Å². The maximum atomic E-state index is 13.0. The van der Waals surface area contributed by atoms with E-state index in [4.69, 9.17) is 29.2 Å². The molecule has 2 atom stereocenters. The predicted molar refractivity (Wildman–Crippen MR) is 287 cm³/mol. The fourth-order valence-electron chi connectivity index (χ4n) is 8.62. The number of carbonyl (C=O) groups is 8. The summed E-state index contributed by atoms with van der Waals surface area (Å²) in [5.74, 6) is -4.16. The summed E-state index contributed by atoms with van der Waals surface area (Å²) in [5, 5.41) is 41.1. The smallest absolute Gasteiger partial charge is 0.326 e. The van der Waals surface area contributed by atoms with Crippen molar-refractivity contribution in [2.45, 2.75) is 198 Å². The van der Waals surface area contributed by atoms with Gasteiger partial charge in [0.15, 0.2) is 0 Å². The molecule has 0 aromatic heterocycles. The third-order valence-corrected chi connectivity index (χ3v) is 13.5. The number of aliphatic carboxylic acids is 3. The van der Waals surface area contributed by atoms with Crippen LogP contribution in [0.4, 0.5) is 0 Å². The Labute approximate surface area is 451 Å². The number of rotatable bonds is 52. The maximum Gasteiger partial charge on any atom is 0.326 e. The number of hydrogen-bond acceptors (Lipinski definition) is 14. The number of nitrogens with one attached hydrogen (secondary N) is 6. The highest BCUT2D eigenvalue weighted by Crippen LogP contribution is 2.29. The second kappa shape index (κ2) is 48.3. The van der Waals surface area contributed by atoms with E-state index < -0.39 is 30.0 Å². The lowest BCUT2D eigenvalue weighted by Crippen LogP contribution is -2.45. The quantitative estimate of drug-likeness (QED) is 0.0261. The van der Waals surface area contributed by atoms with Gasteiger partial charge in [-0.3, -0.25) is 38.3 Å². The lowest BCUT2D eigenvalue weighted by atomic mass is 9.81. The van der Waals surface area contributed by atoms with Gasteiger partial charge < -0.3 is 60.9 Å². The molecule has 1 aliphatic carbocycles. The summed E-state index contributed by atoms with van der Waals surface area (Å²) >= 11 is 3.78. The van der Waals surface area contributed by atoms with Gasteiger partial charge in [-0.05, 0) is 70.1 Å². The molecule has 0 heterocycles. The number of ether oxygens (including phenoxy) is 4. The van der Waals surface area contributed by atoms with Gasteiger partial charge in [0.25, 0.3) is 0 Å². The van der Waals surface area contributed by atoms with E-state index in [1.54, 1.807) is 0 Å². The number of hydrogen-bond donors (Lipinski definition) is 10. The molecule has 75 heavy (non-hydrogen) atoms. The molecule has 0 aromatic rings. The number of carboxylic acids is 3. The van der Waals surface area contributed by atoms with E-state index in [0.717, 1.165) is 51.4 Å². The zero-order valence-corrected chi connectivity index (χ0v) is 45.9. The monoisotopic (exact) mass is 1090 g/mol. The summed E-state index contributed by atoms with van der Waals surface area (Å²) in [6, 6.07) is -1.93. The Bertz CT molecular complexity index is 1560. The van der Waals surface area contributed by atoms with Crippen molar-refractivity contribution in [1.82, 2.24) is 31.3 Å². The van der Waals surface area contributed by atoms with Gasteiger partial charge >= 0.3 is 17.9 Å². The van der Waals surface area contributed by atoms with Gasteiger partial charge in [0.05, 0.1) is 39.6 Å². The third-order valence-electron chi connectivity index (χ3n) is 13.2. The molecule has 22 heteroatoms. The molecule has 9 N–H and O–H groups in total. The molecule has 21 nitrogen and oxygen atoms in total. The van der Waals surface area contributed by atoms with Crippen LogP contribution >= 0.6 is 12.8 Å². The van der Waals surface area contributed by atoms with Crippen molar-refractivity contribution in [2.75, 3.05) is 79.0 Å². The molecule has 1 rings (SSSR count). The molecule has 434 valence electrons. The molecule has 0 radical (unpaired) electrons. The van der Waals surface area contributed by atoms with Crippen molar-refractivity contribution in [3.63, 3.8) is 0 Å². The van der Waals surface area contributed by atoms with Gasteiger partial charge in [-0.2, -0.15) is 0 Å². The zero-order chi connectivity index (χ0) is 55.0. The van der Waals surface area contributed by atoms with E-state index in [0.29, 0.717) is 58.0 Å². The van der Waals surface area contributed by atoms with Crippen LogP contribution in [0.15, 0.2) is 0 Å². The predicted octanol–water partition coefficient (Wildman–Crippen LogP) is 5.62. The van der Waals surface area contributed by atoms with E-state index >= 15 is 0 Å². The van der Waals surface area contributed by atoms with Crippen LogP contribution in [0.2, 0.25) is 0 Å². The van der Waals surface area contributed by atoms with Crippen LogP contribution in [0, 0.1) is 11.8 Å². The van der Waals surface area contributed by atoms with Crippen LogP contribution in [0.3, 0.4) is 0 Å². The van der Waals surface area contributed by atoms with E-state index in [1.165, 1.54) is 77.0 Å². The molecule has 0 bridgehead atoms. The molecule has 1 aliphatic rings. The first kappa shape index (κ1) is 68.9. The lowest BCUT2D eigenvalue weighted by Gasteiger charge is -2.28. The molecule has 1 fully saturated rings. The lowest BCUT2D eigenvalue weighted by molar-refractivity contribution is -0.143. The highest BCUT2D eigenvalue weighted by Gasteiger charge is 2.30. The number of carboxylic acid groups (broad SMARTS) is 3. The van der Waals surface area contributed by atoms with Crippen molar-refractivity contribution in [3.8, 4) is 0 Å². The Balaban J connectivity index is 1.96. The Morgan fingerprint density at radius 2 is 0.853 bits per heavy atom. The second-order valence-electron chi connectivity index (χ2n) is 19.6. The molecule has 1 saturated carbocycles. The van der Waals surface area contributed by atoms with Gasteiger partial charge in [-0.1, -0.05) is 116 Å². The molecular weight excluding hydrogens is 993 g/mol. The maximum absolute atomic E-state index is 13.0. The van der Waals surface area contributed by atoms with Gasteiger partial charge in [0, 0.05) is 51.4 Å². The number of carbonyl (C=O) groups excluding carboxylic acids is 5. The standard InChI is InChI=1S/C53H96N6O15S/c60-46(22-17-15-13-11-9-7-5-3-1-2-4-6-8-10-12-14-16-18-23-50(64)65)57-39-42-24-26-43(27-25-42)51(66)58-44(52(67)68)28-29-47(61)55-31-33-71-35-38-74-41-49(63)56-32-34-72-36-37-73-40-48(62)54-30-20-19-21-45(59-75)53(69)70/h42-45,59,75H,1-41H2,(H,54,62)(H,55,61)(H,56,63)(H,57,60)(H,58,66)(H,64,65)(H,67,68)(H,69,70). The van der Waals surface area contributed by atoms with Crippen molar-refractivity contribution >= 4 is 60.3 Å². The van der Waals surface area contributed by atoms with Crippen LogP contribution in [-0.4, -0.2) is 154 Å². The minimum Gasteiger partial charge on any atom is -0.481 e. The third kappa shape index (κ3) is 42.7. The number of unbranched alkanes of at least 4 members (excludes halogenated alkanes) is 18. The van der Waals surface area contributed by atoms with E-state index in [2.05, 4.69) is 44.1 Å². The van der Waals surface area contributed by atoms with Crippen LogP contribution in [-0.2, 0) is 57.3 Å². The van der Waals surface area contributed by atoms with Crippen molar-refractivity contribution < 1.29 is 72.6 Å². The minimum absolute atomic E-state index is 0.0606. The zero-order valence-electron chi connectivity index (χ0n) is 45.0. The average Bonchev–Trinajstić information content (AvgIpc) is 3.38. The first-order valence-corrected chi connectivity index (χ1v) is 28.5. The van der Waals surface area contributed by atoms with Gasteiger partial charge in [-0.25, -0.2) is 4.79 Å². The van der Waals surface area contributed by atoms with Gasteiger partial charge in [0.1, 0.15) is 25.3 Å². The Hall–Kier alpha value is -4.09. The molecule has 0 spiro atoms. The van der Waals surface area contributed by atoms with Crippen LogP contribution in [0.1, 0.15) is 186 Å². The van der Waals surface area contributed by atoms with Crippen LogP contribution < -0.4 is 31.3 Å². The Morgan fingerprint density at radius 3 is 1.32 bits per heavy atom. The summed E-state index contributed by atoms with van der Waals surface area (Å²) in [6.45, 7) is 2.28. The number of amides is 5. The second-order valence-corrected chi connectivity index (χ2v) is 19.9. The number of thiol groups is 1. The molecule has 0 saturated heterocycles. The first-order valence-electron chi connectivity index (χ1n) is 28.1. The van der Waals surface area contributed by atoms with E-state index in [-0.39, 0.29) is 120 Å². The van der Waals surface area contributed by atoms with Crippen molar-refractivity contribution in [3.05, 3.63) is 0 Å². The first-order chi connectivity index (χ1) is 36.3. The molecule has 0 aliphatic heterocycles. The summed E-state index contributed by atoms with van der Waals surface area (Å²) in [6.07, 6.45) is 26.6. The summed E-state index contributed by atoms with van der Waals surface area (Å²) in [7, 11) is 0. The van der Waals surface area contributed by atoms with E-state index in [1.807, 2.05) is 0 Å². The highest BCUT2D eigenvalue weighted by molar-refractivity contribution is 7.78. The Kier molecular flexibility index (Phi) is 44.4. The topological polar surface area (TPSA) is 306 Å². The molecule has 5 amide bonds. The van der Waals surface area contributed by atoms with E-state index in [9.17, 15) is 43.5 Å². The average molecular weight is 1090 g/mol. The van der Waals surface area contributed by atoms with Gasteiger partial charge in [0.2, 0.25) is 29.5 Å². The summed E-state index contributed by atoms with van der Waals surface area (Å²) in [4.78, 5) is 95.0. The summed E-state index contributed by atoms with van der Waals surface area (Å²) in [5.41, 5.74) is 0. The normalized spacial score (nSPS) is 15.1. The molecule has 0 aromatic carbocycles.